The van der Waals surface area contributed by atoms with Gasteiger partial charge in [-0.25, -0.2) is 9.59 Å². The SMILES string of the molecule is CCC(C)c1ccc(C(C)(C)c2ccc(OC(=O)c3cccc(C(=O)OC(C)(CC)CC)c3)c(C)c2)cc1C. The first-order chi connectivity index (χ1) is 18.3. The van der Waals surface area contributed by atoms with Gasteiger partial charge in [0, 0.05) is 5.41 Å². The lowest BCUT2D eigenvalue weighted by atomic mass is 9.76. The summed E-state index contributed by atoms with van der Waals surface area (Å²) in [7, 11) is 0. The number of hydrogen-bond donors (Lipinski definition) is 0. The highest BCUT2D eigenvalue weighted by atomic mass is 16.6. The number of rotatable bonds is 10. The predicted molar refractivity (Wildman–Crippen MR) is 159 cm³/mol. The number of hydrogen-bond acceptors (Lipinski definition) is 4. The van der Waals surface area contributed by atoms with Crippen LogP contribution in [0.3, 0.4) is 0 Å². The molecule has 0 fully saturated rings. The minimum absolute atomic E-state index is 0.216. The molecule has 0 aliphatic heterocycles. The van der Waals surface area contributed by atoms with Crippen LogP contribution < -0.4 is 4.74 Å². The maximum absolute atomic E-state index is 13.0. The summed E-state index contributed by atoms with van der Waals surface area (Å²) >= 11 is 0. The summed E-state index contributed by atoms with van der Waals surface area (Å²) in [4.78, 5) is 25.7. The van der Waals surface area contributed by atoms with Crippen LogP contribution in [-0.4, -0.2) is 17.5 Å². The molecule has 0 saturated heterocycles. The second kappa shape index (κ2) is 12.2. The van der Waals surface area contributed by atoms with Crippen LogP contribution in [0.1, 0.15) is 122 Å². The van der Waals surface area contributed by atoms with Crippen molar-refractivity contribution < 1.29 is 19.1 Å². The van der Waals surface area contributed by atoms with Gasteiger partial charge in [0.1, 0.15) is 11.4 Å². The van der Waals surface area contributed by atoms with Crippen molar-refractivity contribution in [1.29, 1.82) is 0 Å². The number of ether oxygens (including phenoxy) is 2. The Labute approximate surface area is 234 Å². The Hall–Kier alpha value is -3.40. The molecule has 0 aliphatic carbocycles. The van der Waals surface area contributed by atoms with Gasteiger partial charge in [0.15, 0.2) is 0 Å². The van der Waals surface area contributed by atoms with Crippen molar-refractivity contribution >= 4 is 11.9 Å². The molecule has 0 radical (unpaired) electrons. The van der Waals surface area contributed by atoms with E-state index in [0.717, 1.165) is 17.5 Å². The average Bonchev–Trinajstić information content (AvgIpc) is 2.93. The molecule has 0 bridgehead atoms. The summed E-state index contributed by atoms with van der Waals surface area (Å²) in [5.41, 5.74) is 5.88. The van der Waals surface area contributed by atoms with Crippen LogP contribution in [0.2, 0.25) is 0 Å². The minimum atomic E-state index is -0.533. The zero-order valence-electron chi connectivity index (χ0n) is 25.1. The van der Waals surface area contributed by atoms with Crippen molar-refractivity contribution in [3.8, 4) is 5.75 Å². The van der Waals surface area contributed by atoms with Gasteiger partial charge in [-0.2, -0.15) is 0 Å². The second-order valence-corrected chi connectivity index (χ2v) is 11.5. The molecule has 0 saturated carbocycles. The topological polar surface area (TPSA) is 52.6 Å². The van der Waals surface area contributed by atoms with Crippen LogP contribution in [0.4, 0.5) is 0 Å². The van der Waals surface area contributed by atoms with E-state index < -0.39 is 17.5 Å². The number of aryl methyl sites for hydroxylation is 2. The Morgan fingerprint density at radius 1 is 0.769 bits per heavy atom. The lowest BCUT2D eigenvalue weighted by Gasteiger charge is -2.28. The summed E-state index contributed by atoms with van der Waals surface area (Å²) in [6.07, 6.45) is 2.55. The lowest BCUT2D eigenvalue weighted by Crippen LogP contribution is -2.30. The summed E-state index contributed by atoms with van der Waals surface area (Å²) in [6, 6.07) is 19.3. The molecule has 39 heavy (non-hydrogen) atoms. The van der Waals surface area contributed by atoms with Crippen molar-refractivity contribution in [1.82, 2.24) is 0 Å². The van der Waals surface area contributed by atoms with E-state index in [1.54, 1.807) is 18.2 Å². The summed E-state index contributed by atoms with van der Waals surface area (Å²) < 4.78 is 11.5. The molecule has 4 nitrogen and oxygen atoms in total. The highest BCUT2D eigenvalue weighted by Gasteiger charge is 2.27. The molecule has 3 aromatic rings. The van der Waals surface area contributed by atoms with Gasteiger partial charge in [-0.15, -0.1) is 0 Å². The largest absolute Gasteiger partial charge is 0.456 e. The highest BCUT2D eigenvalue weighted by molar-refractivity contribution is 5.96. The van der Waals surface area contributed by atoms with Gasteiger partial charge in [-0.05, 0) is 98.0 Å². The van der Waals surface area contributed by atoms with Gasteiger partial charge in [0.05, 0.1) is 11.1 Å². The van der Waals surface area contributed by atoms with Crippen molar-refractivity contribution in [3.05, 3.63) is 99.6 Å². The van der Waals surface area contributed by atoms with Gasteiger partial charge in [-0.1, -0.05) is 77.9 Å². The molecule has 208 valence electrons. The van der Waals surface area contributed by atoms with Crippen molar-refractivity contribution in [2.24, 2.45) is 0 Å². The first kappa shape index (κ1) is 30.1. The van der Waals surface area contributed by atoms with Crippen molar-refractivity contribution in [3.63, 3.8) is 0 Å². The van der Waals surface area contributed by atoms with Gasteiger partial charge in [0.2, 0.25) is 0 Å². The summed E-state index contributed by atoms with van der Waals surface area (Å²) in [5.74, 6) is 0.0914. The van der Waals surface area contributed by atoms with E-state index >= 15 is 0 Å². The average molecular weight is 529 g/mol. The standard InChI is InChI=1S/C35H44O4/c1-10-23(4)30-18-16-28(20-24(30)5)34(7,8)29-17-19-31(25(6)21-29)38-32(36)26-14-13-15-27(22-26)33(37)39-35(9,11-2)12-3/h13-23H,10-12H2,1-9H3. The first-order valence-corrected chi connectivity index (χ1v) is 14.1. The van der Waals surface area contributed by atoms with Gasteiger partial charge < -0.3 is 9.47 Å². The Balaban J connectivity index is 1.79. The first-order valence-electron chi connectivity index (χ1n) is 14.1. The Morgan fingerprint density at radius 2 is 1.33 bits per heavy atom. The number of benzene rings is 3. The molecule has 4 heteroatoms. The molecule has 3 aromatic carbocycles. The van der Waals surface area contributed by atoms with E-state index in [0.29, 0.717) is 35.6 Å². The molecular weight excluding hydrogens is 484 g/mol. The third-order valence-electron chi connectivity index (χ3n) is 8.40. The molecule has 0 heterocycles. The monoisotopic (exact) mass is 528 g/mol. The Bertz CT molecular complexity index is 1330. The number of carbonyl (C=O) groups excluding carboxylic acids is 2. The molecule has 0 aliphatic rings. The fourth-order valence-electron chi connectivity index (χ4n) is 4.77. The van der Waals surface area contributed by atoms with E-state index in [2.05, 4.69) is 58.9 Å². The van der Waals surface area contributed by atoms with Crippen LogP contribution in [0.25, 0.3) is 0 Å². The van der Waals surface area contributed by atoms with E-state index in [1.165, 1.54) is 22.8 Å². The minimum Gasteiger partial charge on any atom is -0.456 e. The molecule has 0 spiro atoms. The lowest BCUT2D eigenvalue weighted by molar-refractivity contribution is -0.0131. The summed E-state index contributed by atoms with van der Waals surface area (Å²) in [5, 5.41) is 0. The fraction of sp³-hybridized carbons (Fsp3) is 0.429. The van der Waals surface area contributed by atoms with Gasteiger partial charge >= 0.3 is 11.9 Å². The molecule has 1 atom stereocenters. The quantitative estimate of drug-likeness (QED) is 0.194. The van der Waals surface area contributed by atoms with Crippen LogP contribution >= 0.6 is 0 Å². The van der Waals surface area contributed by atoms with Gasteiger partial charge in [-0.3, -0.25) is 0 Å². The van der Waals surface area contributed by atoms with Crippen LogP contribution in [0.15, 0.2) is 60.7 Å². The maximum Gasteiger partial charge on any atom is 0.343 e. The predicted octanol–water partition coefficient (Wildman–Crippen LogP) is 9.10. The smallest absolute Gasteiger partial charge is 0.343 e. The summed E-state index contributed by atoms with van der Waals surface area (Å²) in [6.45, 7) is 19.0. The zero-order chi connectivity index (χ0) is 29.0. The second-order valence-electron chi connectivity index (χ2n) is 11.5. The Morgan fingerprint density at radius 3 is 1.87 bits per heavy atom. The van der Waals surface area contributed by atoms with Gasteiger partial charge in [0.25, 0.3) is 0 Å². The zero-order valence-corrected chi connectivity index (χ0v) is 25.1. The van der Waals surface area contributed by atoms with E-state index in [4.69, 9.17) is 9.47 Å². The van der Waals surface area contributed by atoms with Crippen LogP contribution in [0.5, 0.6) is 5.75 Å². The fourth-order valence-corrected chi connectivity index (χ4v) is 4.77. The van der Waals surface area contributed by atoms with E-state index in [1.807, 2.05) is 39.8 Å². The van der Waals surface area contributed by atoms with Crippen molar-refractivity contribution in [2.75, 3.05) is 0 Å². The third kappa shape index (κ3) is 6.79. The molecule has 0 amide bonds. The van der Waals surface area contributed by atoms with E-state index in [-0.39, 0.29) is 5.41 Å². The molecule has 0 aromatic heterocycles. The Kier molecular flexibility index (Phi) is 9.43. The van der Waals surface area contributed by atoms with Crippen LogP contribution in [-0.2, 0) is 10.2 Å². The van der Waals surface area contributed by atoms with Crippen LogP contribution in [0, 0.1) is 13.8 Å². The number of esters is 2. The normalized spacial score (nSPS) is 12.6. The third-order valence-corrected chi connectivity index (χ3v) is 8.40. The van der Waals surface area contributed by atoms with E-state index in [9.17, 15) is 9.59 Å². The highest BCUT2D eigenvalue weighted by Crippen LogP contribution is 2.36. The molecule has 1 unspecified atom stereocenters. The maximum atomic E-state index is 13.0. The molecular formula is C35H44O4. The molecule has 3 rings (SSSR count). The van der Waals surface area contributed by atoms with Crippen molar-refractivity contribution in [2.45, 2.75) is 98.5 Å². The number of carbonyl (C=O) groups is 2. The molecule has 0 N–H and O–H groups in total.